The molecule has 0 radical (unpaired) electrons. The van der Waals surface area contributed by atoms with Crippen molar-refractivity contribution in [3.8, 4) is 6.07 Å². The van der Waals surface area contributed by atoms with Gasteiger partial charge in [-0.1, -0.05) is 23.8 Å². The number of halogens is 1. The molecule has 0 aliphatic carbocycles. The molecule has 1 aliphatic rings. The van der Waals surface area contributed by atoms with E-state index in [1.54, 1.807) is 30.3 Å². The van der Waals surface area contributed by atoms with Crippen LogP contribution in [0.4, 0.5) is 4.39 Å². The molecule has 160 valence electrons. The Balaban J connectivity index is 1.82. The first-order chi connectivity index (χ1) is 14.8. The highest BCUT2D eigenvalue weighted by Crippen LogP contribution is 2.28. The molecule has 2 aromatic carbocycles. The first-order valence-corrected chi connectivity index (χ1v) is 11.5. The number of hydrogen-bond donors (Lipinski definition) is 0. The summed E-state index contributed by atoms with van der Waals surface area (Å²) >= 11 is 0. The molecule has 1 aliphatic heterocycles. The molecule has 1 atom stereocenters. The summed E-state index contributed by atoms with van der Waals surface area (Å²) in [5.74, 6) is -0.559. The molecule has 0 amide bonds. The fourth-order valence-corrected chi connectivity index (χ4v) is 5.49. The van der Waals surface area contributed by atoms with E-state index in [-0.39, 0.29) is 10.6 Å². The SMILES string of the molecule is Cc1ccc(S(=O)(=O)n2c(C(=O)CC#N)cc3cc(CN4CC[C@@H](F)C4)ccc32)cc1. The van der Waals surface area contributed by atoms with Gasteiger partial charge in [0.25, 0.3) is 10.0 Å². The number of nitrogens with zero attached hydrogens (tertiary/aromatic N) is 3. The van der Waals surface area contributed by atoms with E-state index in [4.69, 9.17) is 5.26 Å². The Morgan fingerprint density at radius 1 is 1.19 bits per heavy atom. The lowest BCUT2D eigenvalue weighted by Crippen LogP contribution is -2.20. The molecule has 0 N–H and O–H groups in total. The van der Waals surface area contributed by atoms with Crippen molar-refractivity contribution in [2.45, 2.75) is 37.4 Å². The van der Waals surface area contributed by atoms with Gasteiger partial charge in [0.05, 0.1) is 16.5 Å². The molecule has 8 heteroatoms. The summed E-state index contributed by atoms with van der Waals surface area (Å²) in [5.41, 5.74) is 2.15. The Morgan fingerprint density at radius 3 is 2.58 bits per heavy atom. The second-order valence-corrected chi connectivity index (χ2v) is 9.67. The smallest absolute Gasteiger partial charge is 0.268 e. The van der Waals surface area contributed by atoms with Crippen LogP contribution >= 0.6 is 0 Å². The maximum atomic E-state index is 13.5. The van der Waals surface area contributed by atoms with Gasteiger partial charge in [-0.3, -0.25) is 9.69 Å². The molecule has 0 bridgehead atoms. The number of alkyl halides is 1. The van der Waals surface area contributed by atoms with Crippen molar-refractivity contribution in [1.29, 1.82) is 5.26 Å². The lowest BCUT2D eigenvalue weighted by Gasteiger charge is -2.15. The summed E-state index contributed by atoms with van der Waals surface area (Å²) in [6, 6.07) is 15.0. The monoisotopic (exact) mass is 439 g/mol. The summed E-state index contributed by atoms with van der Waals surface area (Å²) in [6.45, 7) is 3.46. The summed E-state index contributed by atoms with van der Waals surface area (Å²) in [5, 5.41) is 9.56. The highest BCUT2D eigenvalue weighted by atomic mass is 32.2. The number of carbonyl (C=O) groups excluding carboxylic acids is 1. The van der Waals surface area contributed by atoms with Gasteiger partial charge in [0.15, 0.2) is 5.78 Å². The van der Waals surface area contributed by atoms with Crippen LogP contribution in [0.1, 0.15) is 34.5 Å². The number of aryl methyl sites for hydroxylation is 1. The number of rotatable bonds is 6. The standard InChI is InChI=1S/C23H22FN3O3S/c1-16-2-5-20(6-3-16)31(29,30)27-21-7-4-17(14-26-11-9-19(24)15-26)12-18(21)13-22(27)23(28)8-10-25/h2-7,12-13,19H,8-9,11,14-15H2,1H3/t19-/m1/s1. The lowest BCUT2D eigenvalue weighted by molar-refractivity contribution is 0.0992. The lowest BCUT2D eigenvalue weighted by atomic mass is 10.1. The van der Waals surface area contributed by atoms with E-state index in [0.717, 1.165) is 15.1 Å². The van der Waals surface area contributed by atoms with Crippen LogP contribution in [0.5, 0.6) is 0 Å². The molecular weight excluding hydrogens is 417 g/mol. The normalized spacial score (nSPS) is 17.1. The minimum atomic E-state index is -4.05. The molecule has 0 unspecified atom stereocenters. The second-order valence-electron chi connectivity index (χ2n) is 7.88. The second kappa shape index (κ2) is 8.25. The molecule has 6 nitrogen and oxygen atoms in total. The van der Waals surface area contributed by atoms with E-state index >= 15 is 0 Å². The largest absolute Gasteiger partial charge is 0.296 e. The van der Waals surface area contributed by atoms with Crippen LogP contribution in [0.25, 0.3) is 10.9 Å². The maximum absolute atomic E-state index is 13.5. The molecule has 0 saturated carbocycles. The maximum Gasteiger partial charge on any atom is 0.268 e. The van der Waals surface area contributed by atoms with E-state index in [1.165, 1.54) is 18.2 Å². The van der Waals surface area contributed by atoms with Crippen molar-refractivity contribution in [3.63, 3.8) is 0 Å². The van der Waals surface area contributed by atoms with E-state index in [2.05, 4.69) is 0 Å². The van der Waals surface area contributed by atoms with Crippen LogP contribution in [0.3, 0.4) is 0 Å². The molecular formula is C23H22FN3O3S. The topological polar surface area (TPSA) is 83.2 Å². The Kier molecular flexibility index (Phi) is 5.65. The van der Waals surface area contributed by atoms with Crippen molar-refractivity contribution in [2.24, 2.45) is 0 Å². The van der Waals surface area contributed by atoms with Gasteiger partial charge in [-0.25, -0.2) is 16.8 Å². The van der Waals surface area contributed by atoms with Gasteiger partial charge >= 0.3 is 0 Å². The Morgan fingerprint density at radius 2 is 1.94 bits per heavy atom. The van der Waals surface area contributed by atoms with Gasteiger partial charge < -0.3 is 0 Å². The fraction of sp³-hybridized carbons (Fsp3) is 0.304. The predicted molar refractivity (Wildman–Crippen MR) is 115 cm³/mol. The van der Waals surface area contributed by atoms with Crippen LogP contribution in [-0.2, 0) is 16.6 Å². The van der Waals surface area contributed by atoms with Crippen LogP contribution in [0.15, 0.2) is 53.4 Å². The van der Waals surface area contributed by atoms with Gasteiger partial charge in [-0.2, -0.15) is 5.26 Å². The summed E-state index contributed by atoms with van der Waals surface area (Å²) in [4.78, 5) is 14.7. The zero-order chi connectivity index (χ0) is 22.2. The number of nitriles is 1. The zero-order valence-electron chi connectivity index (χ0n) is 17.1. The Hall–Kier alpha value is -3.02. The number of likely N-dealkylation sites (tertiary alicyclic amines) is 1. The number of carbonyl (C=O) groups is 1. The van der Waals surface area contributed by atoms with Gasteiger partial charge in [0, 0.05) is 25.0 Å². The predicted octanol–water partition coefficient (Wildman–Crippen LogP) is 3.83. The Labute approximate surface area is 180 Å². The third kappa shape index (κ3) is 4.11. The molecule has 1 aromatic heterocycles. The quantitative estimate of drug-likeness (QED) is 0.545. The third-order valence-electron chi connectivity index (χ3n) is 5.53. The molecule has 0 spiro atoms. The minimum absolute atomic E-state index is 0.0423. The van der Waals surface area contributed by atoms with E-state index in [1.807, 2.05) is 17.9 Å². The highest BCUT2D eigenvalue weighted by molar-refractivity contribution is 7.90. The molecule has 3 aromatic rings. The van der Waals surface area contributed by atoms with Crippen molar-refractivity contribution in [3.05, 3.63) is 65.4 Å². The molecule has 31 heavy (non-hydrogen) atoms. The van der Waals surface area contributed by atoms with Crippen LogP contribution in [0, 0.1) is 18.3 Å². The summed E-state index contributed by atoms with van der Waals surface area (Å²) < 4.78 is 41.4. The van der Waals surface area contributed by atoms with Crippen molar-refractivity contribution < 1.29 is 17.6 Å². The number of ketones is 1. The molecule has 1 saturated heterocycles. The number of hydrogen-bond acceptors (Lipinski definition) is 5. The number of benzene rings is 2. The average molecular weight is 440 g/mol. The van der Waals surface area contributed by atoms with Gasteiger partial charge in [-0.05, 0) is 49.2 Å². The third-order valence-corrected chi connectivity index (χ3v) is 7.27. The average Bonchev–Trinajstić information content (AvgIpc) is 3.32. The fourth-order valence-electron chi connectivity index (χ4n) is 3.96. The number of Topliss-reactive ketones (excluding diaryl/α,β-unsaturated/α-hetero) is 1. The van der Waals surface area contributed by atoms with Crippen molar-refractivity contribution >= 4 is 26.7 Å². The Bertz CT molecular complexity index is 1290. The summed E-state index contributed by atoms with van der Waals surface area (Å²) in [7, 11) is -4.05. The van der Waals surface area contributed by atoms with Gasteiger partial charge in [-0.15, -0.1) is 0 Å². The van der Waals surface area contributed by atoms with Gasteiger partial charge in [0.1, 0.15) is 18.3 Å². The first-order valence-electron chi connectivity index (χ1n) is 10.0. The van der Waals surface area contributed by atoms with Crippen LogP contribution in [-0.4, -0.2) is 42.3 Å². The van der Waals surface area contributed by atoms with E-state index in [9.17, 15) is 17.6 Å². The highest BCUT2D eigenvalue weighted by Gasteiger charge is 2.27. The van der Waals surface area contributed by atoms with Crippen molar-refractivity contribution in [1.82, 2.24) is 8.87 Å². The first kappa shape index (κ1) is 21.2. The van der Waals surface area contributed by atoms with E-state index < -0.39 is 28.4 Å². The number of fused-ring (bicyclic) bond motifs is 1. The van der Waals surface area contributed by atoms with Gasteiger partial charge in [0.2, 0.25) is 0 Å². The summed E-state index contributed by atoms with van der Waals surface area (Å²) in [6.07, 6.45) is -0.724. The van der Waals surface area contributed by atoms with Crippen molar-refractivity contribution in [2.75, 3.05) is 13.1 Å². The molecule has 2 heterocycles. The van der Waals surface area contributed by atoms with E-state index in [0.29, 0.717) is 37.0 Å². The zero-order valence-corrected chi connectivity index (χ0v) is 17.9. The molecule has 1 fully saturated rings. The molecule has 4 rings (SSSR count). The number of aromatic nitrogens is 1. The van der Waals surface area contributed by atoms with Crippen LogP contribution < -0.4 is 0 Å². The van der Waals surface area contributed by atoms with Crippen LogP contribution in [0.2, 0.25) is 0 Å². The minimum Gasteiger partial charge on any atom is -0.296 e.